The molecule has 0 saturated carbocycles. The third-order valence-corrected chi connectivity index (χ3v) is 3.90. The molecular formula is C16H18N5S+. The lowest BCUT2D eigenvalue weighted by Crippen LogP contribution is -2.68. The molecule has 0 aliphatic rings. The molecule has 0 bridgehead atoms. The Kier molecular flexibility index (Phi) is 4.60. The molecule has 0 aliphatic carbocycles. The Bertz CT molecular complexity index is 733. The summed E-state index contributed by atoms with van der Waals surface area (Å²) < 4.78 is 0. The van der Waals surface area contributed by atoms with Crippen molar-refractivity contribution in [3.63, 3.8) is 0 Å². The number of amidine groups is 1. The van der Waals surface area contributed by atoms with E-state index in [9.17, 15) is 0 Å². The highest BCUT2D eigenvalue weighted by atomic mass is 32.2. The van der Waals surface area contributed by atoms with Crippen LogP contribution in [-0.4, -0.2) is 27.4 Å². The van der Waals surface area contributed by atoms with Crippen molar-refractivity contribution in [3.8, 4) is 0 Å². The molecule has 1 heterocycles. The second kappa shape index (κ2) is 7.00. The first-order valence-corrected chi connectivity index (χ1v) is 8.06. The van der Waals surface area contributed by atoms with Gasteiger partial charge in [-0.3, -0.25) is 5.73 Å². The van der Waals surface area contributed by atoms with Crippen LogP contribution in [0.4, 0.5) is 11.6 Å². The number of aromatic nitrogens is 2. The van der Waals surface area contributed by atoms with Crippen molar-refractivity contribution in [1.82, 2.24) is 9.97 Å². The van der Waals surface area contributed by atoms with Crippen molar-refractivity contribution in [2.45, 2.75) is 0 Å². The number of hydrogen-bond acceptors (Lipinski definition) is 3. The molecule has 1 aromatic heterocycles. The minimum atomic E-state index is 0.692. The summed E-state index contributed by atoms with van der Waals surface area (Å²) in [6.45, 7) is 0.779. The van der Waals surface area contributed by atoms with E-state index in [0.717, 1.165) is 35.0 Å². The second-order valence-electron chi connectivity index (χ2n) is 4.73. The summed E-state index contributed by atoms with van der Waals surface area (Å²) in [7, 11) is 0. The van der Waals surface area contributed by atoms with Gasteiger partial charge >= 0.3 is 5.17 Å². The molecule has 0 atom stereocenters. The SMILES string of the molecule is NC(=[NH+]c1ccccc1)SCCNc1nc2ccccc2[nH]1. The zero-order valence-electron chi connectivity index (χ0n) is 12.0. The van der Waals surface area contributed by atoms with Gasteiger partial charge in [0, 0.05) is 12.3 Å². The summed E-state index contributed by atoms with van der Waals surface area (Å²) in [5.74, 6) is 1.64. The van der Waals surface area contributed by atoms with Crippen molar-refractivity contribution >= 4 is 39.6 Å². The van der Waals surface area contributed by atoms with E-state index < -0.39 is 0 Å². The van der Waals surface area contributed by atoms with Gasteiger partial charge in [-0.25, -0.2) is 9.98 Å². The molecule has 3 rings (SSSR count). The summed E-state index contributed by atoms with van der Waals surface area (Å²) >= 11 is 1.58. The zero-order valence-corrected chi connectivity index (χ0v) is 12.9. The lowest BCUT2D eigenvalue weighted by atomic mass is 10.3. The molecule has 0 aliphatic heterocycles. The van der Waals surface area contributed by atoms with Crippen molar-refractivity contribution in [3.05, 3.63) is 54.6 Å². The van der Waals surface area contributed by atoms with Crippen LogP contribution in [0.25, 0.3) is 11.0 Å². The van der Waals surface area contributed by atoms with Crippen LogP contribution in [0.1, 0.15) is 0 Å². The Labute approximate surface area is 133 Å². The molecule has 0 amide bonds. The average Bonchev–Trinajstić information content (AvgIpc) is 2.95. The molecule has 5 N–H and O–H groups in total. The number of benzene rings is 2. The smallest absolute Gasteiger partial charge is 0.307 e. The van der Waals surface area contributed by atoms with Crippen LogP contribution in [-0.2, 0) is 0 Å². The van der Waals surface area contributed by atoms with E-state index >= 15 is 0 Å². The fraction of sp³-hybridized carbons (Fsp3) is 0.125. The number of thioether (sulfide) groups is 1. The third-order valence-electron chi connectivity index (χ3n) is 3.08. The number of H-pyrrole nitrogens is 1. The van der Waals surface area contributed by atoms with Crippen molar-refractivity contribution < 1.29 is 4.99 Å². The summed E-state index contributed by atoms with van der Waals surface area (Å²) in [5, 5.41) is 3.96. The maximum absolute atomic E-state index is 5.96. The molecular weight excluding hydrogens is 294 g/mol. The first kappa shape index (κ1) is 14.5. The number of aromatic amines is 1. The quantitative estimate of drug-likeness (QED) is 0.326. The minimum Gasteiger partial charge on any atom is -0.355 e. The van der Waals surface area contributed by atoms with Gasteiger partial charge in [-0.15, -0.1) is 0 Å². The lowest BCUT2D eigenvalue weighted by molar-refractivity contribution is -0.351. The van der Waals surface area contributed by atoms with Crippen LogP contribution in [0.5, 0.6) is 0 Å². The van der Waals surface area contributed by atoms with E-state index in [1.54, 1.807) is 11.8 Å². The summed E-state index contributed by atoms with van der Waals surface area (Å²) in [4.78, 5) is 10.9. The maximum Gasteiger partial charge on any atom is 0.307 e. The van der Waals surface area contributed by atoms with Gasteiger partial charge in [0.25, 0.3) is 0 Å². The first-order chi connectivity index (χ1) is 10.8. The molecule has 0 radical (unpaired) electrons. The van der Waals surface area contributed by atoms with Crippen molar-refractivity contribution in [1.29, 1.82) is 0 Å². The molecule has 2 aromatic carbocycles. The van der Waals surface area contributed by atoms with Crippen LogP contribution in [0.3, 0.4) is 0 Å². The molecule has 0 unspecified atom stereocenters. The Balaban J connectivity index is 1.48. The standard InChI is InChI=1S/C16H17N5S/c17-15(19-12-6-2-1-3-7-12)22-11-10-18-16-20-13-8-4-5-9-14(13)21-16/h1-9H,10-11H2,(H2,17,19)(H2,18,20,21)/p+1. The van der Waals surface area contributed by atoms with E-state index in [-0.39, 0.29) is 0 Å². The number of para-hydroxylation sites is 3. The summed E-state index contributed by atoms with van der Waals surface area (Å²) in [5.41, 5.74) is 8.97. The van der Waals surface area contributed by atoms with Gasteiger partial charge in [0.1, 0.15) is 5.69 Å². The van der Waals surface area contributed by atoms with Gasteiger partial charge in [-0.2, -0.15) is 0 Å². The molecule has 0 fully saturated rings. The number of hydrogen-bond donors (Lipinski definition) is 4. The van der Waals surface area contributed by atoms with Crippen LogP contribution in [0, 0.1) is 0 Å². The monoisotopic (exact) mass is 312 g/mol. The first-order valence-electron chi connectivity index (χ1n) is 7.07. The van der Waals surface area contributed by atoms with Gasteiger partial charge in [0.15, 0.2) is 0 Å². The maximum atomic E-state index is 5.96. The van der Waals surface area contributed by atoms with Crippen LogP contribution in [0.15, 0.2) is 54.6 Å². The highest BCUT2D eigenvalue weighted by Gasteiger charge is 2.03. The van der Waals surface area contributed by atoms with Crippen LogP contribution < -0.4 is 16.0 Å². The fourth-order valence-corrected chi connectivity index (χ4v) is 2.68. The van der Waals surface area contributed by atoms with Gasteiger partial charge in [-0.1, -0.05) is 30.3 Å². The van der Waals surface area contributed by atoms with Gasteiger partial charge in [0.05, 0.1) is 11.0 Å². The van der Waals surface area contributed by atoms with Crippen LogP contribution >= 0.6 is 11.8 Å². The molecule has 0 spiro atoms. The summed E-state index contributed by atoms with van der Waals surface area (Å²) in [6, 6.07) is 17.9. The number of imidazole rings is 1. The zero-order chi connectivity index (χ0) is 15.2. The lowest BCUT2D eigenvalue weighted by Gasteiger charge is -2.00. The number of nitrogens with zero attached hydrogens (tertiary/aromatic N) is 1. The molecule has 5 nitrogen and oxygen atoms in total. The molecule has 3 aromatic rings. The molecule has 112 valence electrons. The number of anilines is 1. The minimum absolute atomic E-state index is 0.692. The fourth-order valence-electron chi connectivity index (χ4n) is 2.07. The largest absolute Gasteiger partial charge is 0.355 e. The predicted molar refractivity (Wildman–Crippen MR) is 93.3 cm³/mol. The highest BCUT2D eigenvalue weighted by molar-refractivity contribution is 8.13. The molecule has 6 heteroatoms. The van der Waals surface area contributed by atoms with Gasteiger partial charge < -0.3 is 10.3 Å². The van der Waals surface area contributed by atoms with E-state index in [1.807, 2.05) is 54.6 Å². The normalized spacial score (nSPS) is 11.7. The Morgan fingerprint density at radius 2 is 1.91 bits per heavy atom. The van der Waals surface area contributed by atoms with Crippen molar-refractivity contribution in [2.75, 3.05) is 17.6 Å². The number of rotatable bonds is 5. The highest BCUT2D eigenvalue weighted by Crippen LogP contribution is 2.13. The number of nitrogens with two attached hydrogens (primary N) is 1. The summed E-state index contributed by atoms with van der Waals surface area (Å²) in [6.07, 6.45) is 0. The van der Waals surface area contributed by atoms with E-state index in [4.69, 9.17) is 5.73 Å². The molecule has 22 heavy (non-hydrogen) atoms. The Morgan fingerprint density at radius 1 is 1.14 bits per heavy atom. The van der Waals surface area contributed by atoms with Gasteiger partial charge in [0.2, 0.25) is 5.95 Å². The predicted octanol–water partition coefficient (Wildman–Crippen LogP) is 1.43. The third kappa shape index (κ3) is 3.79. The number of fused-ring (bicyclic) bond motifs is 1. The van der Waals surface area contributed by atoms with Crippen LogP contribution in [0.2, 0.25) is 0 Å². The average molecular weight is 312 g/mol. The Hall–Kier alpha value is -2.47. The van der Waals surface area contributed by atoms with E-state index in [1.165, 1.54) is 0 Å². The van der Waals surface area contributed by atoms with E-state index in [0.29, 0.717) is 5.17 Å². The number of nitrogens with one attached hydrogen (secondary N) is 3. The van der Waals surface area contributed by atoms with E-state index in [2.05, 4.69) is 20.3 Å². The second-order valence-corrected chi connectivity index (χ2v) is 5.87. The Morgan fingerprint density at radius 3 is 2.73 bits per heavy atom. The topological polar surface area (TPSA) is 80.7 Å². The van der Waals surface area contributed by atoms with Gasteiger partial charge in [-0.05, 0) is 36.0 Å². The van der Waals surface area contributed by atoms with Crippen molar-refractivity contribution in [2.24, 2.45) is 5.73 Å². The molecule has 0 saturated heterocycles.